The van der Waals surface area contributed by atoms with Crippen LogP contribution in [0, 0.1) is 6.92 Å². The van der Waals surface area contributed by atoms with E-state index in [2.05, 4.69) is 16.0 Å². The Balaban J connectivity index is 1.50. The van der Waals surface area contributed by atoms with E-state index in [1.54, 1.807) is 7.11 Å². The average molecular weight is 707 g/mol. The molecule has 0 saturated carbocycles. The summed E-state index contributed by atoms with van der Waals surface area (Å²) in [6, 6.07) is 21.8. The predicted octanol–water partition coefficient (Wildman–Crippen LogP) is 3.83. The first-order valence-electron chi connectivity index (χ1n) is 16.2. The summed E-state index contributed by atoms with van der Waals surface area (Å²) >= 11 is 2.92. The summed E-state index contributed by atoms with van der Waals surface area (Å²) in [6.45, 7) is 7.42. The summed E-state index contributed by atoms with van der Waals surface area (Å²) in [7, 11) is 1.60. The molecule has 1 saturated heterocycles. The molecule has 12 heteroatoms. The monoisotopic (exact) mass is 706 g/mol. The normalized spacial score (nSPS) is 17.0. The van der Waals surface area contributed by atoms with Crippen molar-refractivity contribution in [1.29, 1.82) is 0 Å². The van der Waals surface area contributed by atoms with Crippen LogP contribution in [0.1, 0.15) is 43.0 Å². The summed E-state index contributed by atoms with van der Waals surface area (Å²) in [4.78, 5) is 54.9. The molecule has 1 fully saturated rings. The number of aliphatic hydroxyl groups excluding tert-OH is 1. The number of rotatable bonds is 15. The number of carbonyl (C=O) groups excluding carboxylic acids is 4. The first-order chi connectivity index (χ1) is 23.4. The Morgan fingerprint density at radius 1 is 0.980 bits per heavy atom. The van der Waals surface area contributed by atoms with Crippen molar-refractivity contribution in [2.24, 2.45) is 0 Å². The third-order valence-electron chi connectivity index (χ3n) is 8.46. The molecule has 4 amide bonds. The molecule has 0 aliphatic carbocycles. The molecule has 3 aromatic rings. The Bertz CT molecular complexity index is 1590. The molecule has 1 heterocycles. The Morgan fingerprint density at radius 3 is 2.31 bits per heavy atom. The van der Waals surface area contributed by atoms with Crippen LogP contribution in [0.5, 0.6) is 5.75 Å². The van der Waals surface area contributed by atoms with E-state index in [9.17, 15) is 24.3 Å². The van der Waals surface area contributed by atoms with Crippen molar-refractivity contribution in [3.05, 3.63) is 101 Å². The smallest absolute Gasteiger partial charge is 0.254 e. The second-order valence-corrected chi connectivity index (χ2v) is 15.2. The van der Waals surface area contributed by atoms with E-state index in [-0.39, 0.29) is 29.9 Å². The van der Waals surface area contributed by atoms with Gasteiger partial charge in [-0.05, 0) is 61.6 Å². The first-order valence-corrected chi connectivity index (χ1v) is 18.3. The van der Waals surface area contributed by atoms with Crippen LogP contribution in [0.15, 0.2) is 78.9 Å². The third kappa shape index (κ3) is 10.5. The average Bonchev–Trinajstić information content (AvgIpc) is 3.41. The number of nitrogens with one attached hydrogen (secondary N) is 3. The van der Waals surface area contributed by atoms with Gasteiger partial charge in [0.1, 0.15) is 17.8 Å². The number of aliphatic hydroxyl groups is 1. The number of amides is 4. The van der Waals surface area contributed by atoms with Crippen LogP contribution < -0.4 is 20.7 Å². The fourth-order valence-corrected chi connectivity index (χ4v) is 7.84. The molecule has 0 radical (unpaired) electrons. The molecule has 4 atom stereocenters. The minimum atomic E-state index is -1.66. The van der Waals surface area contributed by atoms with Crippen molar-refractivity contribution in [3.8, 4) is 5.75 Å². The molecule has 0 aromatic heterocycles. The van der Waals surface area contributed by atoms with Crippen LogP contribution in [0.2, 0.25) is 0 Å². The van der Waals surface area contributed by atoms with Crippen molar-refractivity contribution < 1.29 is 29.0 Å². The Morgan fingerprint density at radius 2 is 1.65 bits per heavy atom. The SMILES string of the molecule is COc1ccc(CSC[C@@H](NC(C)=O)C(=O)N[C@@H](Cc2ccccc2)[C@H](O)C(=O)N2CSC(C)(C)[C@@H]2C(=O)NCc2ccccc2C)cc1. The number of hydrogen-bond acceptors (Lipinski definition) is 8. The maximum atomic E-state index is 14.1. The molecule has 0 unspecified atom stereocenters. The fraction of sp³-hybridized carbons (Fsp3) is 0.405. The number of benzene rings is 3. The number of ether oxygens (including phenoxy) is 1. The number of nitrogens with zero attached hydrogens (tertiary/aromatic N) is 1. The lowest BCUT2D eigenvalue weighted by Gasteiger charge is -2.33. The van der Waals surface area contributed by atoms with Gasteiger partial charge >= 0.3 is 0 Å². The van der Waals surface area contributed by atoms with Gasteiger partial charge < -0.3 is 30.7 Å². The lowest BCUT2D eigenvalue weighted by atomic mass is 9.97. The van der Waals surface area contributed by atoms with Gasteiger partial charge in [-0.2, -0.15) is 11.8 Å². The minimum Gasteiger partial charge on any atom is -0.497 e. The van der Waals surface area contributed by atoms with Gasteiger partial charge in [0.05, 0.1) is 19.0 Å². The molecule has 262 valence electrons. The van der Waals surface area contributed by atoms with Crippen molar-refractivity contribution >= 4 is 47.2 Å². The zero-order valence-electron chi connectivity index (χ0n) is 28.6. The van der Waals surface area contributed by atoms with Crippen molar-refractivity contribution in [1.82, 2.24) is 20.9 Å². The number of aryl methyl sites for hydroxylation is 1. The first kappa shape index (κ1) is 37.8. The van der Waals surface area contributed by atoms with Crippen LogP contribution in [-0.4, -0.2) is 81.4 Å². The van der Waals surface area contributed by atoms with Crippen LogP contribution in [0.3, 0.4) is 0 Å². The number of carbonyl (C=O) groups is 4. The Hall–Kier alpha value is -4.00. The van der Waals surface area contributed by atoms with Gasteiger partial charge in [-0.15, -0.1) is 11.8 Å². The highest BCUT2D eigenvalue weighted by atomic mass is 32.2. The molecule has 1 aliphatic rings. The van der Waals surface area contributed by atoms with Gasteiger partial charge in [-0.3, -0.25) is 19.2 Å². The highest BCUT2D eigenvalue weighted by molar-refractivity contribution is 8.00. The van der Waals surface area contributed by atoms with Crippen LogP contribution in [0.4, 0.5) is 0 Å². The summed E-state index contributed by atoms with van der Waals surface area (Å²) in [6.07, 6.45) is -1.50. The summed E-state index contributed by atoms with van der Waals surface area (Å²) in [5, 5.41) is 20.2. The van der Waals surface area contributed by atoms with E-state index in [1.165, 1.54) is 35.3 Å². The molecule has 0 spiro atoms. The number of thioether (sulfide) groups is 2. The lowest BCUT2D eigenvalue weighted by molar-refractivity contribution is -0.148. The van der Waals surface area contributed by atoms with Gasteiger partial charge in [0.15, 0.2) is 6.10 Å². The van der Waals surface area contributed by atoms with Crippen molar-refractivity contribution in [2.45, 2.75) is 75.4 Å². The zero-order chi connectivity index (χ0) is 35.6. The standard InChI is InChI=1S/C37H46N4O6S2/c1-24-11-9-10-14-28(24)20-38-35(45)33-37(3,4)49-23-41(33)36(46)32(43)30(19-26-12-7-6-8-13-26)40-34(44)31(39-25(2)42)22-48-21-27-15-17-29(47-5)18-16-27/h6-18,30-33,43H,19-23H2,1-5H3,(H,38,45)(H,39,42)(H,40,44)/t30-,31+,32-,33-/m0/s1. The number of hydrogen-bond donors (Lipinski definition) is 4. The van der Waals surface area contributed by atoms with Crippen molar-refractivity contribution in [3.63, 3.8) is 0 Å². The van der Waals surface area contributed by atoms with Crippen LogP contribution >= 0.6 is 23.5 Å². The van der Waals surface area contributed by atoms with E-state index < -0.39 is 40.8 Å². The van der Waals surface area contributed by atoms with E-state index in [1.807, 2.05) is 99.6 Å². The molecule has 1 aliphatic heterocycles. The topological polar surface area (TPSA) is 137 Å². The summed E-state index contributed by atoms with van der Waals surface area (Å²) < 4.78 is 4.59. The molecule has 0 bridgehead atoms. The maximum Gasteiger partial charge on any atom is 0.254 e. The molecule has 3 aromatic carbocycles. The van der Waals surface area contributed by atoms with E-state index in [0.29, 0.717) is 12.3 Å². The zero-order valence-corrected chi connectivity index (χ0v) is 30.2. The molecule has 10 nitrogen and oxygen atoms in total. The minimum absolute atomic E-state index is 0.153. The fourth-order valence-electron chi connectivity index (χ4n) is 5.68. The van der Waals surface area contributed by atoms with Gasteiger partial charge in [-0.1, -0.05) is 66.7 Å². The quantitative estimate of drug-likeness (QED) is 0.187. The largest absolute Gasteiger partial charge is 0.497 e. The lowest BCUT2D eigenvalue weighted by Crippen LogP contribution is -2.60. The number of methoxy groups -OCH3 is 1. The van der Waals surface area contributed by atoms with E-state index in [0.717, 1.165) is 28.0 Å². The summed E-state index contributed by atoms with van der Waals surface area (Å²) in [5.74, 6) is -0.0638. The maximum absolute atomic E-state index is 14.1. The van der Waals surface area contributed by atoms with Gasteiger partial charge in [0, 0.05) is 29.7 Å². The van der Waals surface area contributed by atoms with Gasteiger partial charge in [0.25, 0.3) is 5.91 Å². The van der Waals surface area contributed by atoms with Gasteiger partial charge in [-0.25, -0.2) is 0 Å². The molecular formula is C37H46N4O6S2. The second-order valence-electron chi connectivity index (χ2n) is 12.6. The Labute approximate surface area is 297 Å². The predicted molar refractivity (Wildman–Crippen MR) is 195 cm³/mol. The third-order valence-corrected chi connectivity index (χ3v) is 10.9. The Kier molecular flexibility index (Phi) is 13.6. The van der Waals surface area contributed by atoms with Crippen LogP contribution in [-0.2, 0) is 37.9 Å². The highest BCUT2D eigenvalue weighted by Crippen LogP contribution is 2.40. The molecular weight excluding hydrogens is 661 g/mol. The molecule has 4 rings (SSSR count). The second kappa shape index (κ2) is 17.6. The molecule has 49 heavy (non-hydrogen) atoms. The summed E-state index contributed by atoms with van der Waals surface area (Å²) in [5.41, 5.74) is 3.84. The molecule has 4 N–H and O–H groups in total. The highest BCUT2D eigenvalue weighted by Gasteiger charge is 2.49. The van der Waals surface area contributed by atoms with E-state index >= 15 is 0 Å². The van der Waals surface area contributed by atoms with Crippen LogP contribution in [0.25, 0.3) is 0 Å². The van der Waals surface area contributed by atoms with Gasteiger partial charge in [0.2, 0.25) is 17.7 Å². The van der Waals surface area contributed by atoms with E-state index in [4.69, 9.17) is 4.74 Å². The van der Waals surface area contributed by atoms with Crippen molar-refractivity contribution in [2.75, 3.05) is 18.7 Å².